The monoisotopic (exact) mass is 732 g/mol. The second kappa shape index (κ2) is 14.8. The molecule has 12 nitrogen and oxygen atoms in total. The molecule has 0 aliphatic carbocycles. The molecule has 7 atom stereocenters. The highest BCUT2D eigenvalue weighted by Gasteiger charge is 2.80. The van der Waals surface area contributed by atoms with Gasteiger partial charge in [0.05, 0.1) is 42.2 Å². The van der Waals surface area contributed by atoms with Gasteiger partial charge < -0.3 is 29.3 Å². The van der Waals surface area contributed by atoms with Crippen LogP contribution in [0.5, 0.6) is 5.75 Å². The predicted molar refractivity (Wildman–Crippen MR) is 204 cm³/mol. The Morgan fingerprint density at radius 3 is 2.43 bits per heavy atom. The first-order chi connectivity index (χ1) is 26.1. The number of aliphatic hydroxyl groups is 1. The fourth-order valence-corrected chi connectivity index (χ4v) is 9.10. The number of ether oxygens (including phenoxy) is 2. The summed E-state index contributed by atoms with van der Waals surface area (Å²) < 4.78 is 14.4. The van der Waals surface area contributed by atoms with E-state index in [-0.39, 0.29) is 43.4 Å². The number of para-hydroxylation sites is 1. The van der Waals surface area contributed by atoms with Crippen LogP contribution in [0.15, 0.2) is 104 Å². The van der Waals surface area contributed by atoms with Crippen molar-refractivity contribution in [3.63, 3.8) is 0 Å². The standard InChI is InChI=1S/C42H48N6O6/c1-6-22-45(27-47-34-17-13-12-16-33(34)43-44-47)40(52)37-42-25-28(4)41(5,54-42)35(38(50)46(23-7-2)30-18-20-32(21-19-30)53-8-3)36(42)39(51)48(37)31(26-49)24-29-14-10-9-11-15-29/h6-7,9-21,28,31,35-37,49H,1-2,8,22-27H2,3-5H3/t28?,31-,35+,36+,37?,41-,42?/m1/s1. The number of aliphatic hydroxyl groups excluding tert-OH is 1. The van der Waals surface area contributed by atoms with Crippen LogP contribution < -0.4 is 9.64 Å². The molecule has 1 N–H and O–H groups in total. The van der Waals surface area contributed by atoms with E-state index in [1.807, 2.05) is 99.6 Å². The highest BCUT2D eigenvalue weighted by atomic mass is 16.5. The number of fused-ring (bicyclic) bond motifs is 2. The first kappa shape index (κ1) is 37.0. The molecule has 0 radical (unpaired) electrons. The zero-order chi connectivity index (χ0) is 38.2. The second-order valence-corrected chi connectivity index (χ2v) is 14.7. The van der Waals surface area contributed by atoms with Gasteiger partial charge in [0.25, 0.3) is 0 Å². The van der Waals surface area contributed by atoms with E-state index in [9.17, 15) is 5.11 Å². The number of anilines is 1. The quantitative estimate of drug-likeness (QED) is 0.175. The van der Waals surface area contributed by atoms with Crippen molar-refractivity contribution >= 4 is 34.4 Å². The van der Waals surface area contributed by atoms with Gasteiger partial charge in [0.15, 0.2) is 0 Å². The van der Waals surface area contributed by atoms with E-state index in [1.165, 1.54) is 4.90 Å². The number of likely N-dealkylation sites (tertiary alicyclic amines) is 1. The Balaban J connectivity index is 1.33. The number of hydrogen-bond donors (Lipinski definition) is 1. The molecule has 3 fully saturated rings. The molecule has 12 heteroatoms. The molecule has 3 unspecified atom stereocenters. The molecule has 3 aliphatic rings. The van der Waals surface area contributed by atoms with E-state index in [0.29, 0.717) is 36.4 Å². The maximum absolute atomic E-state index is 15.3. The first-order valence-corrected chi connectivity index (χ1v) is 18.6. The van der Waals surface area contributed by atoms with Crippen molar-refractivity contribution in [1.29, 1.82) is 0 Å². The van der Waals surface area contributed by atoms with Crippen molar-refractivity contribution in [1.82, 2.24) is 24.8 Å². The average molecular weight is 733 g/mol. The Morgan fingerprint density at radius 1 is 1.04 bits per heavy atom. The van der Waals surface area contributed by atoms with Gasteiger partial charge in [-0.3, -0.25) is 14.4 Å². The van der Waals surface area contributed by atoms with Gasteiger partial charge in [-0.15, -0.1) is 18.3 Å². The molecule has 2 bridgehead atoms. The zero-order valence-electron chi connectivity index (χ0n) is 31.1. The Kier molecular flexibility index (Phi) is 10.2. The summed E-state index contributed by atoms with van der Waals surface area (Å²) in [5.41, 5.74) is 0.532. The maximum atomic E-state index is 15.3. The van der Waals surface area contributed by atoms with Gasteiger partial charge in [0.2, 0.25) is 17.7 Å². The van der Waals surface area contributed by atoms with Crippen LogP contribution in [-0.2, 0) is 32.2 Å². The third kappa shape index (κ3) is 6.07. The minimum Gasteiger partial charge on any atom is -0.494 e. The highest BCUT2D eigenvalue weighted by molar-refractivity contribution is 6.03. The molecule has 3 aromatic carbocycles. The van der Waals surface area contributed by atoms with Crippen molar-refractivity contribution in [2.45, 2.75) is 63.6 Å². The van der Waals surface area contributed by atoms with E-state index < -0.39 is 41.7 Å². The SMILES string of the molecule is C=CCN(Cn1nnc2ccccc21)C(=O)C1N([C@@H](CO)Cc2ccccc2)C(=O)[C@@H]2[C@@H](C(=O)N(CC=C)c3ccc(OCC)cc3)[C@]3(C)OC12CC3C. The van der Waals surface area contributed by atoms with Crippen LogP contribution in [0, 0.1) is 17.8 Å². The predicted octanol–water partition coefficient (Wildman–Crippen LogP) is 4.64. The van der Waals surface area contributed by atoms with Crippen LogP contribution in [0.3, 0.4) is 0 Å². The Hall–Kier alpha value is -5.33. The first-order valence-electron chi connectivity index (χ1n) is 18.6. The van der Waals surface area contributed by atoms with Crippen LogP contribution in [0.1, 0.15) is 32.8 Å². The highest BCUT2D eigenvalue weighted by Crippen LogP contribution is 2.66. The van der Waals surface area contributed by atoms with Gasteiger partial charge in [-0.25, -0.2) is 4.68 Å². The number of rotatable bonds is 15. The number of nitrogens with zero attached hydrogens (tertiary/aromatic N) is 6. The lowest BCUT2D eigenvalue weighted by molar-refractivity contribution is -0.156. The largest absolute Gasteiger partial charge is 0.494 e. The molecule has 4 aromatic rings. The molecule has 7 rings (SSSR count). The van der Waals surface area contributed by atoms with Crippen LogP contribution >= 0.6 is 0 Å². The molecule has 1 aromatic heterocycles. The smallest absolute Gasteiger partial charge is 0.250 e. The third-order valence-electron chi connectivity index (χ3n) is 11.6. The summed E-state index contributed by atoms with van der Waals surface area (Å²) in [5, 5.41) is 19.6. The van der Waals surface area contributed by atoms with Gasteiger partial charge in [0.1, 0.15) is 29.6 Å². The number of carbonyl (C=O) groups is 3. The lowest BCUT2D eigenvalue weighted by Crippen LogP contribution is -2.59. The second-order valence-electron chi connectivity index (χ2n) is 14.7. The molecule has 3 aliphatic heterocycles. The summed E-state index contributed by atoms with van der Waals surface area (Å²) in [6.07, 6.45) is 3.96. The summed E-state index contributed by atoms with van der Waals surface area (Å²) in [4.78, 5) is 50.4. The fraction of sp³-hybridized carbons (Fsp3) is 0.405. The Labute approximate surface area is 315 Å². The summed E-state index contributed by atoms with van der Waals surface area (Å²) in [6, 6.07) is 22.4. The minimum atomic E-state index is -1.35. The number of carbonyl (C=O) groups excluding carboxylic acids is 3. The lowest BCUT2D eigenvalue weighted by Gasteiger charge is -2.39. The molecule has 54 heavy (non-hydrogen) atoms. The van der Waals surface area contributed by atoms with Crippen molar-refractivity contribution in [3.05, 3.63) is 110 Å². The molecular weight excluding hydrogens is 684 g/mol. The van der Waals surface area contributed by atoms with Crippen molar-refractivity contribution in [2.75, 3.05) is 31.2 Å². The van der Waals surface area contributed by atoms with E-state index in [2.05, 4.69) is 23.5 Å². The molecule has 1 spiro atoms. The number of amides is 3. The average Bonchev–Trinajstić information content (AvgIpc) is 3.86. The normalized spacial score (nSPS) is 26.1. The maximum Gasteiger partial charge on any atom is 0.250 e. The van der Waals surface area contributed by atoms with Crippen molar-refractivity contribution in [2.24, 2.45) is 17.8 Å². The van der Waals surface area contributed by atoms with Crippen LogP contribution in [0.25, 0.3) is 11.0 Å². The lowest BCUT2D eigenvalue weighted by atomic mass is 9.62. The summed E-state index contributed by atoms with van der Waals surface area (Å²) in [7, 11) is 0. The summed E-state index contributed by atoms with van der Waals surface area (Å²) >= 11 is 0. The summed E-state index contributed by atoms with van der Waals surface area (Å²) in [6.45, 7) is 14.2. The van der Waals surface area contributed by atoms with Crippen LogP contribution in [0.4, 0.5) is 5.69 Å². The van der Waals surface area contributed by atoms with Gasteiger partial charge in [-0.1, -0.05) is 66.8 Å². The van der Waals surface area contributed by atoms with Crippen LogP contribution in [0.2, 0.25) is 0 Å². The summed E-state index contributed by atoms with van der Waals surface area (Å²) in [5.74, 6) is -2.48. The van der Waals surface area contributed by atoms with E-state index >= 15 is 14.4 Å². The molecule has 3 amide bonds. The van der Waals surface area contributed by atoms with E-state index in [4.69, 9.17) is 9.47 Å². The van der Waals surface area contributed by atoms with Crippen molar-refractivity contribution in [3.8, 4) is 5.75 Å². The van der Waals surface area contributed by atoms with Gasteiger partial charge in [-0.05, 0) is 74.6 Å². The topological polar surface area (TPSA) is 130 Å². The van der Waals surface area contributed by atoms with Gasteiger partial charge >= 0.3 is 0 Å². The van der Waals surface area contributed by atoms with Crippen molar-refractivity contribution < 1.29 is 29.0 Å². The number of aromatic nitrogens is 3. The van der Waals surface area contributed by atoms with E-state index in [1.54, 1.807) is 26.6 Å². The van der Waals surface area contributed by atoms with E-state index in [0.717, 1.165) is 11.1 Å². The van der Waals surface area contributed by atoms with Gasteiger partial charge in [-0.2, -0.15) is 0 Å². The molecule has 4 heterocycles. The molecule has 0 saturated carbocycles. The van der Waals surface area contributed by atoms with Gasteiger partial charge in [0, 0.05) is 18.8 Å². The molecule has 3 saturated heterocycles. The molecular formula is C42H48N6O6. The Morgan fingerprint density at radius 2 is 1.74 bits per heavy atom. The fourth-order valence-electron chi connectivity index (χ4n) is 9.10. The third-order valence-corrected chi connectivity index (χ3v) is 11.6. The zero-order valence-corrected chi connectivity index (χ0v) is 31.1. The molecule has 282 valence electrons. The number of hydrogen-bond acceptors (Lipinski definition) is 8. The number of benzene rings is 3. The Bertz CT molecular complexity index is 2040. The minimum absolute atomic E-state index is 0.0349. The van der Waals surface area contributed by atoms with Crippen LogP contribution in [-0.4, -0.2) is 97.2 Å².